The second-order valence-corrected chi connectivity index (χ2v) is 2.67. The SMILES string of the molecule is CCc1cc(Cl)ncc1C. The van der Waals surface area contributed by atoms with E-state index in [-0.39, 0.29) is 0 Å². The first kappa shape index (κ1) is 7.55. The van der Waals surface area contributed by atoms with Gasteiger partial charge in [-0.05, 0) is 30.5 Å². The fourth-order valence-electron chi connectivity index (χ4n) is 0.917. The van der Waals surface area contributed by atoms with Crippen LogP contribution in [0, 0.1) is 6.92 Å². The van der Waals surface area contributed by atoms with Crippen LogP contribution in [0.1, 0.15) is 18.1 Å². The van der Waals surface area contributed by atoms with E-state index >= 15 is 0 Å². The van der Waals surface area contributed by atoms with Crippen molar-refractivity contribution < 1.29 is 0 Å². The van der Waals surface area contributed by atoms with Crippen LogP contribution in [0.4, 0.5) is 0 Å². The van der Waals surface area contributed by atoms with Crippen LogP contribution >= 0.6 is 11.6 Å². The van der Waals surface area contributed by atoms with E-state index in [1.807, 2.05) is 13.0 Å². The first-order valence-electron chi connectivity index (χ1n) is 3.35. The maximum atomic E-state index is 5.68. The van der Waals surface area contributed by atoms with Crippen molar-refractivity contribution in [3.63, 3.8) is 0 Å². The van der Waals surface area contributed by atoms with Crippen LogP contribution in [0.25, 0.3) is 0 Å². The van der Waals surface area contributed by atoms with Crippen LogP contribution in [0.3, 0.4) is 0 Å². The minimum absolute atomic E-state index is 0.586. The van der Waals surface area contributed by atoms with Gasteiger partial charge in [-0.2, -0.15) is 0 Å². The zero-order valence-electron chi connectivity index (χ0n) is 6.19. The number of halogens is 1. The van der Waals surface area contributed by atoms with Gasteiger partial charge >= 0.3 is 0 Å². The van der Waals surface area contributed by atoms with Crippen LogP contribution in [0.15, 0.2) is 12.3 Å². The second-order valence-electron chi connectivity index (χ2n) is 2.29. The Morgan fingerprint density at radius 1 is 1.60 bits per heavy atom. The highest BCUT2D eigenvalue weighted by Gasteiger charge is 1.95. The lowest BCUT2D eigenvalue weighted by Crippen LogP contribution is -1.87. The molecule has 1 nitrogen and oxygen atoms in total. The van der Waals surface area contributed by atoms with Gasteiger partial charge in [0, 0.05) is 6.20 Å². The van der Waals surface area contributed by atoms with Crippen LogP contribution in [0.2, 0.25) is 5.15 Å². The van der Waals surface area contributed by atoms with Crippen molar-refractivity contribution in [3.05, 3.63) is 28.5 Å². The lowest BCUT2D eigenvalue weighted by atomic mass is 10.1. The minimum Gasteiger partial charge on any atom is -0.244 e. The summed E-state index contributed by atoms with van der Waals surface area (Å²) in [7, 11) is 0. The smallest absolute Gasteiger partial charge is 0.129 e. The number of hydrogen-bond donors (Lipinski definition) is 0. The summed E-state index contributed by atoms with van der Waals surface area (Å²) >= 11 is 5.68. The third kappa shape index (κ3) is 1.48. The molecule has 0 radical (unpaired) electrons. The molecule has 1 heterocycles. The van der Waals surface area contributed by atoms with Crippen molar-refractivity contribution in [2.75, 3.05) is 0 Å². The van der Waals surface area contributed by atoms with E-state index in [4.69, 9.17) is 11.6 Å². The van der Waals surface area contributed by atoms with Crippen LogP contribution in [-0.4, -0.2) is 4.98 Å². The summed E-state index contributed by atoms with van der Waals surface area (Å²) in [5, 5.41) is 0.586. The molecule has 1 aromatic heterocycles. The van der Waals surface area contributed by atoms with E-state index in [1.54, 1.807) is 6.20 Å². The summed E-state index contributed by atoms with van der Waals surface area (Å²) < 4.78 is 0. The molecule has 54 valence electrons. The summed E-state index contributed by atoms with van der Waals surface area (Å²) in [5.41, 5.74) is 2.49. The molecule has 0 saturated heterocycles. The van der Waals surface area contributed by atoms with Gasteiger partial charge in [-0.1, -0.05) is 18.5 Å². The maximum absolute atomic E-state index is 5.68. The van der Waals surface area contributed by atoms with Gasteiger partial charge < -0.3 is 0 Å². The quantitative estimate of drug-likeness (QED) is 0.569. The third-order valence-corrected chi connectivity index (χ3v) is 1.77. The molecule has 2 heteroatoms. The third-order valence-electron chi connectivity index (χ3n) is 1.56. The fraction of sp³-hybridized carbons (Fsp3) is 0.375. The van der Waals surface area contributed by atoms with E-state index < -0.39 is 0 Å². The molecule has 0 aromatic carbocycles. The lowest BCUT2D eigenvalue weighted by molar-refractivity contribution is 1.08. The second kappa shape index (κ2) is 3.02. The van der Waals surface area contributed by atoms with Gasteiger partial charge in [0.2, 0.25) is 0 Å². The normalized spacial score (nSPS) is 9.90. The Hall–Kier alpha value is -0.560. The summed E-state index contributed by atoms with van der Waals surface area (Å²) in [4.78, 5) is 3.95. The van der Waals surface area contributed by atoms with Crippen molar-refractivity contribution in [2.24, 2.45) is 0 Å². The largest absolute Gasteiger partial charge is 0.244 e. The van der Waals surface area contributed by atoms with Crippen molar-refractivity contribution in [1.82, 2.24) is 4.98 Å². The topological polar surface area (TPSA) is 12.9 Å². The van der Waals surface area contributed by atoms with E-state index in [1.165, 1.54) is 11.1 Å². The van der Waals surface area contributed by atoms with Crippen molar-refractivity contribution in [2.45, 2.75) is 20.3 Å². The Labute approximate surface area is 66.0 Å². The molecular formula is C8H10ClN. The highest BCUT2D eigenvalue weighted by Crippen LogP contribution is 2.11. The van der Waals surface area contributed by atoms with Gasteiger partial charge in [0.15, 0.2) is 0 Å². The number of aromatic nitrogens is 1. The van der Waals surface area contributed by atoms with E-state index in [2.05, 4.69) is 11.9 Å². The fourth-order valence-corrected chi connectivity index (χ4v) is 1.10. The van der Waals surface area contributed by atoms with E-state index in [0.29, 0.717) is 5.15 Å². The van der Waals surface area contributed by atoms with Gasteiger partial charge in [-0.25, -0.2) is 4.98 Å². The molecule has 0 aliphatic carbocycles. The first-order valence-corrected chi connectivity index (χ1v) is 3.73. The van der Waals surface area contributed by atoms with Gasteiger partial charge in [-0.15, -0.1) is 0 Å². The van der Waals surface area contributed by atoms with Crippen molar-refractivity contribution >= 4 is 11.6 Å². The van der Waals surface area contributed by atoms with Gasteiger partial charge in [-0.3, -0.25) is 0 Å². The van der Waals surface area contributed by atoms with Crippen LogP contribution in [0.5, 0.6) is 0 Å². The highest BCUT2D eigenvalue weighted by molar-refractivity contribution is 6.29. The van der Waals surface area contributed by atoms with Crippen LogP contribution in [-0.2, 0) is 6.42 Å². The molecule has 0 bridgehead atoms. The number of nitrogens with zero attached hydrogens (tertiary/aromatic N) is 1. The Morgan fingerprint density at radius 2 is 2.30 bits per heavy atom. The molecule has 0 aliphatic rings. The monoisotopic (exact) mass is 155 g/mol. The standard InChI is InChI=1S/C8H10ClN/c1-3-7-4-8(9)10-5-6(7)2/h4-5H,3H2,1-2H3. The molecule has 0 saturated carbocycles. The molecule has 1 aromatic rings. The van der Waals surface area contributed by atoms with Gasteiger partial charge in [0.1, 0.15) is 5.15 Å². The molecule has 0 atom stereocenters. The van der Waals surface area contributed by atoms with Crippen molar-refractivity contribution in [3.8, 4) is 0 Å². The van der Waals surface area contributed by atoms with Crippen LogP contribution < -0.4 is 0 Å². The number of rotatable bonds is 1. The molecule has 0 spiro atoms. The Bertz CT molecular complexity index is 233. The minimum atomic E-state index is 0.586. The number of pyridine rings is 1. The predicted molar refractivity (Wildman–Crippen MR) is 43.4 cm³/mol. The molecule has 0 aliphatic heterocycles. The summed E-state index contributed by atoms with van der Waals surface area (Å²) in [6.07, 6.45) is 2.83. The molecule has 0 unspecified atom stereocenters. The number of aryl methyl sites for hydroxylation is 2. The Balaban J connectivity index is 3.09. The Kier molecular flexibility index (Phi) is 2.28. The maximum Gasteiger partial charge on any atom is 0.129 e. The van der Waals surface area contributed by atoms with E-state index in [0.717, 1.165) is 6.42 Å². The summed E-state index contributed by atoms with van der Waals surface area (Å²) in [6, 6.07) is 1.91. The lowest BCUT2D eigenvalue weighted by Gasteiger charge is -2.00. The van der Waals surface area contributed by atoms with Gasteiger partial charge in [0.05, 0.1) is 0 Å². The first-order chi connectivity index (χ1) is 4.74. The van der Waals surface area contributed by atoms with E-state index in [9.17, 15) is 0 Å². The molecule has 10 heavy (non-hydrogen) atoms. The molecular weight excluding hydrogens is 146 g/mol. The zero-order chi connectivity index (χ0) is 7.56. The molecule has 0 amide bonds. The summed E-state index contributed by atoms with van der Waals surface area (Å²) in [5.74, 6) is 0. The highest BCUT2D eigenvalue weighted by atomic mass is 35.5. The molecule has 0 N–H and O–H groups in total. The van der Waals surface area contributed by atoms with Crippen molar-refractivity contribution in [1.29, 1.82) is 0 Å². The molecule has 0 fully saturated rings. The number of hydrogen-bond acceptors (Lipinski definition) is 1. The molecule has 1 rings (SSSR count). The average Bonchev–Trinajstić information content (AvgIpc) is 1.94. The predicted octanol–water partition coefficient (Wildman–Crippen LogP) is 2.61. The zero-order valence-corrected chi connectivity index (χ0v) is 6.94. The summed E-state index contributed by atoms with van der Waals surface area (Å²) in [6.45, 7) is 4.15. The average molecular weight is 156 g/mol. The van der Waals surface area contributed by atoms with Gasteiger partial charge in [0.25, 0.3) is 0 Å². The Morgan fingerprint density at radius 3 is 2.80 bits per heavy atom.